The molecule has 1 amide bonds. The van der Waals surface area contributed by atoms with E-state index in [4.69, 9.17) is 33.4 Å². The van der Waals surface area contributed by atoms with Crippen LogP contribution in [0.2, 0.25) is 10.0 Å². The van der Waals surface area contributed by atoms with Crippen molar-refractivity contribution >= 4 is 40.0 Å². The Bertz CT molecular complexity index is 1170. The molecule has 0 fully saturated rings. The number of aromatic amines is 1. The third-order valence-corrected chi connectivity index (χ3v) is 5.36. The molecule has 0 saturated heterocycles. The average molecular weight is 429 g/mol. The Morgan fingerprint density at radius 1 is 1.21 bits per heavy atom. The summed E-state index contributed by atoms with van der Waals surface area (Å²) in [6.07, 6.45) is 3.78. The Morgan fingerprint density at radius 2 is 2.03 bits per heavy atom. The Hall–Kier alpha value is -2.80. The molecular weight excluding hydrogens is 411 g/mol. The van der Waals surface area contributed by atoms with Crippen LogP contribution in [0.1, 0.15) is 33.5 Å². The molecule has 2 heterocycles. The molecule has 0 spiro atoms. The summed E-state index contributed by atoms with van der Waals surface area (Å²) >= 11 is 11.9. The van der Waals surface area contributed by atoms with Gasteiger partial charge in [-0.2, -0.15) is 0 Å². The number of hydrogen-bond acceptors (Lipinski definition) is 4. The predicted molar refractivity (Wildman–Crippen MR) is 113 cm³/mol. The van der Waals surface area contributed by atoms with Crippen molar-refractivity contribution in [3.8, 4) is 0 Å². The fraction of sp³-hybridized carbons (Fsp3) is 0.143. The Labute approximate surface area is 177 Å². The maximum absolute atomic E-state index is 12.4. The summed E-state index contributed by atoms with van der Waals surface area (Å²) < 4.78 is 5.45. The number of nitrogens with zero attached hydrogens (tertiary/aromatic N) is 1. The first-order valence-corrected chi connectivity index (χ1v) is 9.75. The van der Waals surface area contributed by atoms with Crippen LogP contribution in [0.5, 0.6) is 0 Å². The van der Waals surface area contributed by atoms with Gasteiger partial charge in [-0.3, -0.25) is 4.79 Å². The Balaban J connectivity index is 1.40. The van der Waals surface area contributed by atoms with Crippen LogP contribution in [0, 0.1) is 0 Å². The molecule has 29 heavy (non-hydrogen) atoms. The molecule has 6 nitrogen and oxygen atoms in total. The highest BCUT2D eigenvalue weighted by Gasteiger charge is 2.18. The summed E-state index contributed by atoms with van der Waals surface area (Å²) in [7, 11) is 0. The van der Waals surface area contributed by atoms with Crippen molar-refractivity contribution in [2.75, 3.05) is 0 Å². The van der Waals surface area contributed by atoms with Crippen LogP contribution in [-0.2, 0) is 13.0 Å². The topological polar surface area (TPSA) is 96.9 Å². The molecule has 1 atom stereocenters. The number of carbonyl (C=O) groups excluding carboxylic acids is 1. The van der Waals surface area contributed by atoms with Crippen molar-refractivity contribution in [2.45, 2.75) is 19.0 Å². The van der Waals surface area contributed by atoms with Gasteiger partial charge in [-0.25, -0.2) is 4.98 Å². The van der Waals surface area contributed by atoms with Crippen LogP contribution in [0.3, 0.4) is 0 Å². The highest BCUT2D eigenvalue weighted by Crippen LogP contribution is 2.24. The van der Waals surface area contributed by atoms with Crippen LogP contribution in [0.4, 0.5) is 0 Å². The van der Waals surface area contributed by atoms with Gasteiger partial charge in [0.05, 0.1) is 16.1 Å². The monoisotopic (exact) mass is 428 g/mol. The molecule has 4 aromatic rings. The van der Waals surface area contributed by atoms with Crippen LogP contribution in [0.25, 0.3) is 10.9 Å². The first-order chi connectivity index (χ1) is 14.0. The highest BCUT2D eigenvalue weighted by molar-refractivity contribution is 6.42. The lowest BCUT2D eigenvalue weighted by Gasteiger charge is -2.06. The molecule has 2 aromatic carbocycles. The maximum atomic E-state index is 12.4. The van der Waals surface area contributed by atoms with Crippen molar-refractivity contribution in [1.29, 1.82) is 0 Å². The Kier molecular flexibility index (Phi) is 5.58. The second-order valence-corrected chi connectivity index (χ2v) is 7.49. The third kappa shape index (κ3) is 4.29. The summed E-state index contributed by atoms with van der Waals surface area (Å²) in [5.74, 6) is -0.0414. The lowest BCUT2D eigenvalue weighted by Crippen LogP contribution is -2.23. The van der Waals surface area contributed by atoms with Crippen molar-refractivity contribution in [1.82, 2.24) is 15.3 Å². The largest absolute Gasteiger partial charge is 0.446 e. The number of nitrogens with two attached hydrogens (primary N) is 1. The fourth-order valence-corrected chi connectivity index (χ4v) is 3.43. The summed E-state index contributed by atoms with van der Waals surface area (Å²) in [6.45, 7) is 0.291. The van der Waals surface area contributed by atoms with E-state index in [2.05, 4.69) is 15.3 Å². The van der Waals surface area contributed by atoms with Gasteiger partial charge in [0.1, 0.15) is 6.26 Å². The van der Waals surface area contributed by atoms with E-state index in [1.54, 1.807) is 18.2 Å². The van der Waals surface area contributed by atoms with E-state index >= 15 is 0 Å². The van der Waals surface area contributed by atoms with Gasteiger partial charge in [0.25, 0.3) is 5.91 Å². The number of fused-ring (bicyclic) bond motifs is 1. The molecule has 0 aliphatic rings. The molecule has 0 saturated carbocycles. The van der Waals surface area contributed by atoms with E-state index in [9.17, 15) is 4.79 Å². The number of rotatable bonds is 6. The molecule has 2 aromatic heterocycles. The average Bonchev–Trinajstić information content (AvgIpc) is 3.37. The number of nitrogens with one attached hydrogen (secondary N) is 2. The van der Waals surface area contributed by atoms with E-state index in [1.807, 2.05) is 30.5 Å². The number of aromatic nitrogens is 2. The quantitative estimate of drug-likeness (QED) is 0.416. The summed E-state index contributed by atoms with van der Waals surface area (Å²) in [5.41, 5.74) is 9.37. The lowest BCUT2D eigenvalue weighted by atomic mass is 10.1. The van der Waals surface area contributed by atoms with Gasteiger partial charge in [0, 0.05) is 23.6 Å². The predicted octanol–water partition coefficient (Wildman–Crippen LogP) is 4.64. The van der Waals surface area contributed by atoms with Crippen molar-refractivity contribution < 1.29 is 9.21 Å². The molecule has 4 rings (SSSR count). The minimum absolute atomic E-state index is 0.175. The van der Waals surface area contributed by atoms with Crippen molar-refractivity contribution in [2.24, 2.45) is 5.73 Å². The number of H-pyrrole nitrogens is 1. The molecular formula is C21H18Cl2N4O2. The van der Waals surface area contributed by atoms with Crippen molar-refractivity contribution in [3.05, 3.63) is 87.7 Å². The van der Waals surface area contributed by atoms with Gasteiger partial charge in [-0.05, 0) is 35.7 Å². The van der Waals surface area contributed by atoms with E-state index in [-0.39, 0.29) is 11.6 Å². The molecule has 0 bridgehead atoms. The number of hydrogen-bond donors (Lipinski definition) is 3. The standard InChI is InChI=1S/C21H18Cl2N4O2/c22-15-6-5-12(7-16(15)23)9-26-20(28)19-11-29-21(27-19)17(24)8-13-10-25-18-4-2-1-3-14(13)18/h1-7,10-11,17,25H,8-9,24H2,(H,26,28). The minimum atomic E-state index is -0.467. The van der Waals surface area contributed by atoms with Crippen molar-refractivity contribution in [3.63, 3.8) is 0 Å². The zero-order valence-corrected chi connectivity index (χ0v) is 16.8. The molecule has 4 N–H and O–H groups in total. The zero-order valence-electron chi connectivity index (χ0n) is 15.3. The lowest BCUT2D eigenvalue weighted by molar-refractivity contribution is 0.0946. The minimum Gasteiger partial charge on any atom is -0.446 e. The maximum Gasteiger partial charge on any atom is 0.273 e. The van der Waals surface area contributed by atoms with Crippen LogP contribution in [0.15, 0.2) is 59.3 Å². The third-order valence-electron chi connectivity index (χ3n) is 4.62. The van der Waals surface area contributed by atoms with E-state index < -0.39 is 6.04 Å². The molecule has 1 unspecified atom stereocenters. The highest BCUT2D eigenvalue weighted by atomic mass is 35.5. The van der Waals surface area contributed by atoms with Gasteiger partial charge in [-0.1, -0.05) is 47.5 Å². The van der Waals surface area contributed by atoms with Crippen LogP contribution >= 0.6 is 23.2 Å². The summed E-state index contributed by atoms with van der Waals surface area (Å²) in [4.78, 5) is 19.8. The Morgan fingerprint density at radius 3 is 2.86 bits per heavy atom. The second-order valence-electron chi connectivity index (χ2n) is 6.67. The summed E-state index contributed by atoms with van der Waals surface area (Å²) in [5, 5.41) is 4.78. The molecule has 8 heteroatoms. The summed E-state index contributed by atoms with van der Waals surface area (Å²) in [6, 6.07) is 12.7. The fourth-order valence-electron chi connectivity index (χ4n) is 3.11. The van der Waals surface area contributed by atoms with E-state index in [0.717, 1.165) is 22.0 Å². The van der Waals surface area contributed by atoms with Gasteiger partial charge >= 0.3 is 0 Å². The molecule has 148 valence electrons. The van der Waals surface area contributed by atoms with Gasteiger partial charge in [-0.15, -0.1) is 0 Å². The van der Waals surface area contributed by atoms with Crippen LogP contribution < -0.4 is 11.1 Å². The van der Waals surface area contributed by atoms with Gasteiger partial charge < -0.3 is 20.5 Å². The number of halogens is 2. The van der Waals surface area contributed by atoms with Crippen LogP contribution in [-0.4, -0.2) is 15.9 Å². The number of benzene rings is 2. The number of carbonyl (C=O) groups is 1. The molecule has 0 aliphatic heterocycles. The van der Waals surface area contributed by atoms with Gasteiger partial charge in [0.15, 0.2) is 5.69 Å². The first-order valence-electron chi connectivity index (χ1n) is 8.99. The zero-order chi connectivity index (χ0) is 20.4. The SMILES string of the molecule is NC(Cc1c[nH]c2ccccc12)c1nc(C(=O)NCc2ccc(Cl)c(Cl)c2)co1. The molecule has 0 aliphatic carbocycles. The van der Waals surface area contributed by atoms with E-state index in [1.165, 1.54) is 6.26 Å². The number of oxazole rings is 1. The number of amides is 1. The normalized spacial score (nSPS) is 12.2. The van der Waals surface area contributed by atoms with Gasteiger partial charge in [0.2, 0.25) is 5.89 Å². The number of para-hydroxylation sites is 1. The van der Waals surface area contributed by atoms with E-state index in [0.29, 0.717) is 28.9 Å². The smallest absolute Gasteiger partial charge is 0.273 e. The second kappa shape index (κ2) is 8.29. The molecule has 0 radical (unpaired) electrons. The first kappa shape index (κ1) is 19.5.